The van der Waals surface area contributed by atoms with Crippen molar-refractivity contribution in [3.8, 4) is 11.1 Å². The zero-order chi connectivity index (χ0) is 20.5. The van der Waals surface area contributed by atoms with E-state index in [1.54, 1.807) is 30.6 Å². The van der Waals surface area contributed by atoms with Crippen molar-refractivity contribution in [2.75, 3.05) is 0 Å². The monoisotopic (exact) mass is 411 g/mol. The maximum atomic E-state index is 13.4. The van der Waals surface area contributed by atoms with E-state index in [9.17, 15) is 4.79 Å². The molecule has 0 aliphatic rings. The van der Waals surface area contributed by atoms with E-state index in [4.69, 9.17) is 11.6 Å². The van der Waals surface area contributed by atoms with E-state index in [1.165, 1.54) is 0 Å². The Morgan fingerprint density at radius 1 is 0.933 bits per heavy atom. The number of halogens is 1. The van der Waals surface area contributed by atoms with Crippen molar-refractivity contribution in [2.24, 2.45) is 0 Å². The topological polar surface area (TPSA) is 50.7 Å². The van der Waals surface area contributed by atoms with Crippen LogP contribution in [0, 0.1) is 0 Å². The minimum absolute atomic E-state index is 0.0321. The first-order chi connectivity index (χ1) is 14.7. The molecule has 1 N–H and O–H groups in total. The highest BCUT2D eigenvalue weighted by atomic mass is 35.5. The van der Waals surface area contributed by atoms with Gasteiger partial charge in [0.05, 0.1) is 18.6 Å². The Kier molecular flexibility index (Phi) is 4.69. The number of H-pyrrole nitrogens is 1. The lowest BCUT2D eigenvalue weighted by molar-refractivity contribution is 0.103. The van der Waals surface area contributed by atoms with Crippen LogP contribution in [0.15, 0.2) is 91.6 Å². The van der Waals surface area contributed by atoms with Crippen LogP contribution in [-0.2, 0) is 6.54 Å². The number of aromatic nitrogens is 3. The second-order valence-electron chi connectivity index (χ2n) is 7.18. The minimum atomic E-state index is -0.0321. The number of fused-ring (bicyclic) bond motifs is 1. The van der Waals surface area contributed by atoms with Crippen LogP contribution in [0.25, 0.3) is 21.9 Å². The van der Waals surface area contributed by atoms with Gasteiger partial charge in [-0.05, 0) is 40.6 Å². The second kappa shape index (κ2) is 7.65. The molecule has 0 atom stereocenters. The summed E-state index contributed by atoms with van der Waals surface area (Å²) in [5.41, 5.74) is 4.11. The maximum absolute atomic E-state index is 13.4. The van der Waals surface area contributed by atoms with E-state index in [0.29, 0.717) is 22.7 Å². The van der Waals surface area contributed by atoms with Crippen molar-refractivity contribution in [1.29, 1.82) is 0 Å². The van der Waals surface area contributed by atoms with Gasteiger partial charge in [-0.25, -0.2) is 4.98 Å². The van der Waals surface area contributed by atoms with Gasteiger partial charge < -0.3 is 9.55 Å². The van der Waals surface area contributed by atoms with Gasteiger partial charge in [-0.1, -0.05) is 54.1 Å². The highest BCUT2D eigenvalue weighted by Crippen LogP contribution is 2.33. The first-order valence-electron chi connectivity index (χ1n) is 9.65. The minimum Gasteiger partial charge on any atom is -0.351 e. The highest BCUT2D eigenvalue weighted by molar-refractivity contribution is 6.30. The number of imidazole rings is 1. The third-order valence-electron chi connectivity index (χ3n) is 5.21. The summed E-state index contributed by atoms with van der Waals surface area (Å²) in [4.78, 5) is 20.7. The molecule has 0 saturated heterocycles. The molecule has 30 heavy (non-hydrogen) atoms. The van der Waals surface area contributed by atoms with Gasteiger partial charge in [-0.3, -0.25) is 4.79 Å². The quantitative estimate of drug-likeness (QED) is 0.362. The van der Waals surface area contributed by atoms with Crippen molar-refractivity contribution in [1.82, 2.24) is 14.5 Å². The van der Waals surface area contributed by atoms with Crippen LogP contribution in [0.5, 0.6) is 0 Å². The van der Waals surface area contributed by atoms with Gasteiger partial charge >= 0.3 is 0 Å². The molecule has 0 aliphatic carbocycles. The van der Waals surface area contributed by atoms with E-state index in [1.807, 2.05) is 41.4 Å². The zero-order valence-electron chi connectivity index (χ0n) is 16.0. The number of nitrogens with zero attached hydrogens (tertiary/aromatic N) is 2. The molecule has 0 aliphatic heterocycles. The fraction of sp³-hybridized carbons (Fsp3) is 0.0400. The third kappa shape index (κ3) is 3.42. The molecule has 0 amide bonds. The molecular weight excluding hydrogens is 394 g/mol. The van der Waals surface area contributed by atoms with Crippen LogP contribution in [0.1, 0.15) is 21.6 Å². The van der Waals surface area contributed by atoms with Crippen molar-refractivity contribution in [3.05, 3.63) is 113 Å². The zero-order valence-corrected chi connectivity index (χ0v) is 16.8. The number of carbonyl (C=O) groups excluding carboxylic acids is 1. The van der Waals surface area contributed by atoms with Crippen molar-refractivity contribution >= 4 is 28.2 Å². The van der Waals surface area contributed by atoms with Crippen LogP contribution in [-0.4, -0.2) is 20.3 Å². The fourth-order valence-corrected chi connectivity index (χ4v) is 3.90. The lowest BCUT2D eigenvalue weighted by Gasteiger charge is -2.08. The molecule has 0 bridgehead atoms. The molecule has 3 aromatic carbocycles. The summed E-state index contributed by atoms with van der Waals surface area (Å²) in [6.07, 6.45) is 7.45. The fourth-order valence-electron chi connectivity index (χ4n) is 3.78. The van der Waals surface area contributed by atoms with E-state index in [0.717, 1.165) is 27.6 Å². The highest BCUT2D eigenvalue weighted by Gasteiger charge is 2.19. The average molecular weight is 412 g/mol. The summed E-state index contributed by atoms with van der Waals surface area (Å²) in [7, 11) is 0. The summed E-state index contributed by atoms with van der Waals surface area (Å²) in [5.74, 6) is -0.0321. The van der Waals surface area contributed by atoms with Crippen LogP contribution in [0.3, 0.4) is 0 Å². The van der Waals surface area contributed by atoms with Gasteiger partial charge in [0.1, 0.15) is 0 Å². The first-order valence-corrected chi connectivity index (χ1v) is 10.0. The maximum Gasteiger partial charge on any atom is 0.195 e. The third-order valence-corrected chi connectivity index (χ3v) is 5.46. The van der Waals surface area contributed by atoms with Crippen molar-refractivity contribution < 1.29 is 4.79 Å². The summed E-state index contributed by atoms with van der Waals surface area (Å²) >= 11 is 6.01. The second-order valence-corrected chi connectivity index (χ2v) is 7.62. The lowest BCUT2D eigenvalue weighted by atomic mass is 9.94. The smallest absolute Gasteiger partial charge is 0.195 e. The van der Waals surface area contributed by atoms with Crippen LogP contribution in [0.4, 0.5) is 0 Å². The molecule has 4 nitrogen and oxygen atoms in total. The molecule has 2 heterocycles. The summed E-state index contributed by atoms with van der Waals surface area (Å²) in [6.45, 7) is 0.579. The molecule has 0 saturated carbocycles. The lowest BCUT2D eigenvalue weighted by Crippen LogP contribution is -2.02. The Labute approximate surface area is 178 Å². The Hall–Kier alpha value is -3.63. The predicted molar refractivity (Wildman–Crippen MR) is 120 cm³/mol. The van der Waals surface area contributed by atoms with Gasteiger partial charge in [-0.15, -0.1) is 0 Å². The van der Waals surface area contributed by atoms with E-state index < -0.39 is 0 Å². The molecule has 2 aromatic heterocycles. The molecule has 0 spiro atoms. The van der Waals surface area contributed by atoms with E-state index in [-0.39, 0.29) is 5.78 Å². The number of ketones is 1. The number of rotatable bonds is 5. The number of nitrogens with one attached hydrogen (secondary N) is 1. The number of aromatic amines is 1. The molecule has 0 fully saturated rings. The molecule has 5 aromatic rings. The normalized spacial score (nSPS) is 11.1. The standard InChI is InChI=1S/C25H18ClN3O/c26-19-10-8-18(9-11-19)25(30)24-15-29(13-20-12-27-16-28-20)14-23(24)22-7-3-5-17-4-1-2-6-21(17)22/h1-12,14-16H,13H2,(H,27,28). The molecular formula is C25H18ClN3O. The molecule has 146 valence electrons. The predicted octanol–water partition coefficient (Wildman–Crippen LogP) is 5.96. The van der Waals surface area contributed by atoms with Crippen LogP contribution >= 0.6 is 11.6 Å². The molecule has 5 heteroatoms. The van der Waals surface area contributed by atoms with Crippen molar-refractivity contribution in [2.45, 2.75) is 6.54 Å². The SMILES string of the molecule is O=C(c1ccc(Cl)cc1)c1cn(Cc2c[nH]cn2)cc1-c1cccc2ccccc12. The van der Waals surface area contributed by atoms with Gasteiger partial charge in [0.15, 0.2) is 5.78 Å². The van der Waals surface area contributed by atoms with E-state index in [2.05, 4.69) is 34.2 Å². The van der Waals surface area contributed by atoms with Crippen LogP contribution < -0.4 is 0 Å². The Balaban J connectivity index is 1.67. The summed E-state index contributed by atoms with van der Waals surface area (Å²) in [6, 6.07) is 21.4. The number of benzene rings is 3. The van der Waals surface area contributed by atoms with Gasteiger partial charge in [0, 0.05) is 40.3 Å². The average Bonchev–Trinajstić information content (AvgIpc) is 3.44. The summed E-state index contributed by atoms with van der Waals surface area (Å²) in [5, 5.41) is 2.86. The Bertz CT molecular complexity index is 1330. The summed E-state index contributed by atoms with van der Waals surface area (Å²) < 4.78 is 2.01. The Morgan fingerprint density at radius 3 is 2.53 bits per heavy atom. The van der Waals surface area contributed by atoms with E-state index >= 15 is 0 Å². The molecule has 0 radical (unpaired) electrons. The van der Waals surface area contributed by atoms with Gasteiger partial charge in [0.25, 0.3) is 0 Å². The number of carbonyl (C=O) groups is 1. The molecule has 0 unspecified atom stereocenters. The van der Waals surface area contributed by atoms with Crippen LogP contribution in [0.2, 0.25) is 5.02 Å². The van der Waals surface area contributed by atoms with Gasteiger partial charge in [-0.2, -0.15) is 0 Å². The number of hydrogen-bond donors (Lipinski definition) is 1. The number of hydrogen-bond acceptors (Lipinski definition) is 2. The largest absolute Gasteiger partial charge is 0.351 e. The first kappa shape index (κ1) is 18.4. The molecule has 5 rings (SSSR count). The van der Waals surface area contributed by atoms with Gasteiger partial charge in [0.2, 0.25) is 0 Å². The Morgan fingerprint density at radius 2 is 1.73 bits per heavy atom. The van der Waals surface area contributed by atoms with Crippen molar-refractivity contribution in [3.63, 3.8) is 0 Å².